The SMILES string of the molecule is CC(N)(C[C@H](C(=O)N1CCC[C@@H]1c1cccc(Cc2ccccc2)c1)C1CCCCC1)C(N)=O. The van der Waals surface area contributed by atoms with E-state index in [1.165, 1.54) is 23.1 Å². The van der Waals surface area contributed by atoms with Crippen molar-refractivity contribution in [1.29, 1.82) is 0 Å². The van der Waals surface area contributed by atoms with Gasteiger partial charge in [0.15, 0.2) is 0 Å². The number of likely N-dealkylation sites (tertiary alicyclic amines) is 1. The molecule has 0 aromatic heterocycles. The molecule has 2 fully saturated rings. The minimum absolute atomic E-state index is 0.0759. The lowest BCUT2D eigenvalue weighted by Crippen LogP contribution is -2.53. The lowest BCUT2D eigenvalue weighted by molar-refractivity contribution is -0.140. The Kier molecular flexibility index (Phi) is 7.72. The molecule has 4 N–H and O–H groups in total. The van der Waals surface area contributed by atoms with Crippen LogP contribution in [0, 0.1) is 11.8 Å². The summed E-state index contributed by atoms with van der Waals surface area (Å²) in [6.07, 6.45) is 8.70. The molecular weight excluding hydrogens is 422 g/mol. The number of carbonyl (C=O) groups is 2. The molecule has 0 radical (unpaired) electrons. The van der Waals surface area contributed by atoms with E-state index >= 15 is 0 Å². The predicted octanol–water partition coefficient (Wildman–Crippen LogP) is 4.73. The van der Waals surface area contributed by atoms with Crippen LogP contribution >= 0.6 is 0 Å². The second-order valence-electron chi connectivity index (χ2n) is 10.6. The topological polar surface area (TPSA) is 89.4 Å². The Hall–Kier alpha value is -2.66. The first-order valence-corrected chi connectivity index (χ1v) is 12.9. The normalized spacial score (nSPS) is 21.7. The van der Waals surface area contributed by atoms with Gasteiger partial charge in [0.2, 0.25) is 11.8 Å². The van der Waals surface area contributed by atoms with Gasteiger partial charge in [0.1, 0.15) is 0 Å². The van der Waals surface area contributed by atoms with Crippen molar-refractivity contribution in [3.05, 3.63) is 71.3 Å². The molecule has 3 atom stereocenters. The first kappa shape index (κ1) is 24.5. The first-order valence-electron chi connectivity index (χ1n) is 12.9. The molecule has 182 valence electrons. The Balaban J connectivity index is 1.56. The molecule has 1 aliphatic heterocycles. The summed E-state index contributed by atoms with van der Waals surface area (Å²) in [5.74, 6) is -0.362. The maximum atomic E-state index is 14.0. The van der Waals surface area contributed by atoms with Crippen molar-refractivity contribution in [3.63, 3.8) is 0 Å². The zero-order valence-electron chi connectivity index (χ0n) is 20.4. The molecule has 2 aromatic carbocycles. The summed E-state index contributed by atoms with van der Waals surface area (Å²) < 4.78 is 0. The van der Waals surface area contributed by atoms with Crippen LogP contribution in [-0.4, -0.2) is 28.8 Å². The highest BCUT2D eigenvalue weighted by Gasteiger charge is 2.42. The van der Waals surface area contributed by atoms with Crippen molar-refractivity contribution >= 4 is 11.8 Å². The number of nitrogens with two attached hydrogens (primary N) is 2. The summed E-state index contributed by atoms with van der Waals surface area (Å²) in [4.78, 5) is 28.1. The number of rotatable bonds is 8. The molecule has 1 saturated carbocycles. The predicted molar refractivity (Wildman–Crippen MR) is 136 cm³/mol. The van der Waals surface area contributed by atoms with E-state index in [2.05, 4.69) is 53.4 Å². The van der Waals surface area contributed by atoms with Crippen molar-refractivity contribution in [2.75, 3.05) is 6.54 Å². The summed E-state index contributed by atoms with van der Waals surface area (Å²) in [5, 5.41) is 0. The monoisotopic (exact) mass is 461 g/mol. The molecule has 1 heterocycles. The van der Waals surface area contributed by atoms with Gasteiger partial charge in [-0.05, 0) is 68.1 Å². The van der Waals surface area contributed by atoms with E-state index in [9.17, 15) is 9.59 Å². The van der Waals surface area contributed by atoms with E-state index in [-0.39, 0.29) is 23.8 Å². The van der Waals surface area contributed by atoms with Gasteiger partial charge in [-0.1, -0.05) is 73.9 Å². The average Bonchev–Trinajstić information content (AvgIpc) is 3.33. The van der Waals surface area contributed by atoms with Gasteiger partial charge >= 0.3 is 0 Å². The van der Waals surface area contributed by atoms with Crippen molar-refractivity contribution in [2.24, 2.45) is 23.3 Å². The Morgan fingerprint density at radius 2 is 1.68 bits per heavy atom. The van der Waals surface area contributed by atoms with E-state index < -0.39 is 11.4 Å². The van der Waals surface area contributed by atoms with Crippen LogP contribution in [0.1, 0.15) is 81.0 Å². The molecule has 2 aromatic rings. The van der Waals surface area contributed by atoms with Gasteiger partial charge in [-0.25, -0.2) is 0 Å². The number of primary amides is 1. The average molecular weight is 462 g/mol. The third kappa shape index (κ3) is 5.69. The molecule has 34 heavy (non-hydrogen) atoms. The highest BCUT2D eigenvalue weighted by molar-refractivity contribution is 5.86. The lowest BCUT2D eigenvalue weighted by Gasteiger charge is -2.37. The summed E-state index contributed by atoms with van der Waals surface area (Å²) >= 11 is 0. The van der Waals surface area contributed by atoms with Crippen molar-refractivity contribution in [2.45, 2.75) is 76.3 Å². The highest BCUT2D eigenvalue weighted by Crippen LogP contribution is 2.39. The molecule has 0 bridgehead atoms. The standard InChI is InChI=1S/C29H39N3O2/c1-29(31,28(30)34)20-25(23-13-6-3-7-14-23)27(33)32-17-9-16-26(32)24-15-8-12-22(19-24)18-21-10-4-2-5-11-21/h2,4-5,8,10-12,15,19,23,25-26H,3,6-7,9,13-14,16-18,20,31H2,1H3,(H2,30,34)/t25-,26+,29?/m0/s1. The van der Waals surface area contributed by atoms with E-state index in [0.29, 0.717) is 6.42 Å². The number of hydrogen-bond donors (Lipinski definition) is 2. The summed E-state index contributed by atoms with van der Waals surface area (Å²) in [5.41, 5.74) is 14.5. The molecule has 2 amide bonds. The van der Waals surface area contributed by atoms with Crippen LogP contribution in [0.5, 0.6) is 0 Å². The van der Waals surface area contributed by atoms with Gasteiger partial charge in [-0.2, -0.15) is 0 Å². The second-order valence-corrected chi connectivity index (χ2v) is 10.6. The van der Waals surface area contributed by atoms with E-state index in [1.807, 2.05) is 6.07 Å². The number of hydrogen-bond acceptors (Lipinski definition) is 3. The van der Waals surface area contributed by atoms with Gasteiger partial charge in [-0.3, -0.25) is 9.59 Å². The van der Waals surface area contributed by atoms with Crippen LogP contribution in [-0.2, 0) is 16.0 Å². The van der Waals surface area contributed by atoms with Gasteiger partial charge in [0, 0.05) is 12.5 Å². The first-order chi connectivity index (χ1) is 16.3. The maximum absolute atomic E-state index is 14.0. The molecule has 0 spiro atoms. The summed E-state index contributed by atoms with van der Waals surface area (Å²) in [6.45, 7) is 2.43. The summed E-state index contributed by atoms with van der Waals surface area (Å²) in [7, 11) is 0. The molecule has 1 unspecified atom stereocenters. The third-order valence-corrected chi connectivity index (χ3v) is 7.87. The van der Waals surface area contributed by atoms with E-state index in [1.54, 1.807) is 6.92 Å². The minimum atomic E-state index is -1.18. The fourth-order valence-corrected chi connectivity index (χ4v) is 5.88. The second kappa shape index (κ2) is 10.7. The lowest BCUT2D eigenvalue weighted by atomic mass is 9.74. The third-order valence-electron chi connectivity index (χ3n) is 7.87. The molecule has 4 rings (SSSR count). The van der Waals surface area contributed by atoms with Crippen molar-refractivity contribution in [1.82, 2.24) is 4.90 Å². The maximum Gasteiger partial charge on any atom is 0.237 e. The number of amides is 2. The Morgan fingerprint density at radius 3 is 2.38 bits per heavy atom. The quantitative estimate of drug-likeness (QED) is 0.595. The number of carbonyl (C=O) groups excluding carboxylic acids is 2. The van der Waals surface area contributed by atoms with E-state index in [0.717, 1.165) is 51.5 Å². The van der Waals surface area contributed by atoms with Crippen molar-refractivity contribution < 1.29 is 9.59 Å². The summed E-state index contributed by atoms with van der Waals surface area (Å²) in [6, 6.07) is 19.2. The zero-order chi connectivity index (χ0) is 24.1. The van der Waals surface area contributed by atoms with Gasteiger partial charge in [0.25, 0.3) is 0 Å². The minimum Gasteiger partial charge on any atom is -0.368 e. The van der Waals surface area contributed by atoms with Crippen LogP contribution in [0.25, 0.3) is 0 Å². The Labute approximate surface area is 203 Å². The van der Waals surface area contributed by atoms with Crippen LogP contribution in [0.4, 0.5) is 0 Å². The molecule has 1 saturated heterocycles. The van der Waals surface area contributed by atoms with Crippen LogP contribution in [0.15, 0.2) is 54.6 Å². The van der Waals surface area contributed by atoms with Crippen LogP contribution < -0.4 is 11.5 Å². The Bertz CT molecular complexity index is 982. The smallest absolute Gasteiger partial charge is 0.237 e. The number of benzene rings is 2. The molecular formula is C29H39N3O2. The molecule has 5 nitrogen and oxygen atoms in total. The van der Waals surface area contributed by atoms with E-state index in [4.69, 9.17) is 11.5 Å². The molecule has 1 aliphatic carbocycles. The van der Waals surface area contributed by atoms with Gasteiger partial charge < -0.3 is 16.4 Å². The van der Waals surface area contributed by atoms with Gasteiger partial charge in [-0.15, -0.1) is 0 Å². The number of nitrogens with zero attached hydrogens (tertiary/aromatic N) is 1. The molecule has 2 aliphatic rings. The van der Waals surface area contributed by atoms with Crippen LogP contribution in [0.3, 0.4) is 0 Å². The highest BCUT2D eigenvalue weighted by atomic mass is 16.2. The fraction of sp³-hybridized carbons (Fsp3) is 0.517. The Morgan fingerprint density at radius 1 is 0.971 bits per heavy atom. The van der Waals surface area contributed by atoms with Crippen LogP contribution in [0.2, 0.25) is 0 Å². The molecule has 5 heteroatoms. The van der Waals surface area contributed by atoms with Gasteiger partial charge in [0.05, 0.1) is 11.6 Å². The largest absolute Gasteiger partial charge is 0.368 e. The fourth-order valence-electron chi connectivity index (χ4n) is 5.88. The zero-order valence-corrected chi connectivity index (χ0v) is 20.4. The van der Waals surface area contributed by atoms with Crippen molar-refractivity contribution in [3.8, 4) is 0 Å².